The Bertz CT molecular complexity index is 505. The third-order valence-corrected chi connectivity index (χ3v) is 3.16. The molecule has 4 heteroatoms. The lowest BCUT2D eigenvalue weighted by atomic mass is 10.2. The molecule has 2 aromatic rings. The average molecular weight is 250 g/mol. The van der Waals surface area contributed by atoms with Crippen LogP contribution < -0.4 is 5.32 Å². The summed E-state index contributed by atoms with van der Waals surface area (Å²) in [5.41, 5.74) is 3.30. The smallest absolute Gasteiger partial charge is 0.0575 e. The number of nitrogens with zero attached hydrogens (tertiary/aromatic N) is 2. The number of halogens is 1. The van der Waals surface area contributed by atoms with Crippen LogP contribution in [0.2, 0.25) is 5.02 Å². The van der Waals surface area contributed by atoms with Crippen LogP contribution >= 0.6 is 11.6 Å². The molecule has 0 amide bonds. The van der Waals surface area contributed by atoms with Gasteiger partial charge in [0.05, 0.1) is 12.2 Å². The fourth-order valence-corrected chi connectivity index (χ4v) is 1.87. The lowest BCUT2D eigenvalue weighted by molar-refractivity contribution is 0.627. The summed E-state index contributed by atoms with van der Waals surface area (Å²) in [6.07, 6.45) is 1.82. The van der Waals surface area contributed by atoms with E-state index in [9.17, 15) is 0 Å². The first-order valence-electron chi connectivity index (χ1n) is 5.71. The van der Waals surface area contributed by atoms with Crippen molar-refractivity contribution in [1.82, 2.24) is 9.78 Å². The summed E-state index contributed by atoms with van der Waals surface area (Å²) in [6, 6.07) is 8.02. The zero-order valence-corrected chi connectivity index (χ0v) is 10.8. The van der Waals surface area contributed by atoms with Crippen molar-refractivity contribution >= 4 is 17.3 Å². The van der Waals surface area contributed by atoms with Crippen LogP contribution in [0.1, 0.15) is 18.2 Å². The Morgan fingerprint density at radius 2 is 2.18 bits per heavy atom. The molecule has 0 spiro atoms. The van der Waals surface area contributed by atoms with Gasteiger partial charge in [0, 0.05) is 23.5 Å². The Balaban J connectivity index is 2.05. The Kier molecular flexibility index (Phi) is 3.69. The molecule has 90 valence electrons. The number of nitrogens with one attached hydrogen (secondary N) is 1. The molecular weight excluding hydrogens is 234 g/mol. The maximum Gasteiger partial charge on any atom is 0.0575 e. The van der Waals surface area contributed by atoms with E-state index < -0.39 is 0 Å². The van der Waals surface area contributed by atoms with Gasteiger partial charge >= 0.3 is 0 Å². The molecule has 1 aromatic heterocycles. The second-order valence-electron chi connectivity index (χ2n) is 3.96. The summed E-state index contributed by atoms with van der Waals surface area (Å²) < 4.78 is 1.97. The van der Waals surface area contributed by atoms with Gasteiger partial charge in [-0.15, -0.1) is 0 Å². The topological polar surface area (TPSA) is 29.9 Å². The van der Waals surface area contributed by atoms with E-state index in [1.807, 2.05) is 42.1 Å². The number of hydrogen-bond acceptors (Lipinski definition) is 2. The maximum atomic E-state index is 6.08. The highest BCUT2D eigenvalue weighted by atomic mass is 35.5. The van der Waals surface area contributed by atoms with Gasteiger partial charge < -0.3 is 5.32 Å². The predicted octanol–water partition coefficient (Wildman–Crippen LogP) is 3.48. The second kappa shape index (κ2) is 5.23. The van der Waals surface area contributed by atoms with E-state index in [4.69, 9.17) is 11.6 Å². The van der Waals surface area contributed by atoms with Crippen LogP contribution in [0, 0.1) is 6.92 Å². The highest BCUT2D eigenvalue weighted by Crippen LogP contribution is 2.20. The molecular formula is C13H16ClN3. The molecule has 0 bridgehead atoms. The number of anilines is 1. The first-order chi connectivity index (χ1) is 8.20. The highest BCUT2D eigenvalue weighted by molar-refractivity contribution is 6.31. The highest BCUT2D eigenvalue weighted by Gasteiger charge is 2.01. The molecule has 0 aliphatic carbocycles. The van der Waals surface area contributed by atoms with Gasteiger partial charge in [0.2, 0.25) is 0 Å². The van der Waals surface area contributed by atoms with Gasteiger partial charge in [0.1, 0.15) is 0 Å². The van der Waals surface area contributed by atoms with Gasteiger partial charge in [-0.25, -0.2) is 0 Å². The molecule has 3 nitrogen and oxygen atoms in total. The standard InChI is InChI=1S/C13H16ClN3/c1-3-17-12(6-7-16-17)9-15-11-5-4-10(2)13(14)8-11/h4-8,15H,3,9H2,1-2H3. The maximum absolute atomic E-state index is 6.08. The van der Waals surface area contributed by atoms with E-state index in [-0.39, 0.29) is 0 Å². The number of aryl methyl sites for hydroxylation is 2. The van der Waals surface area contributed by atoms with Crippen LogP contribution in [-0.4, -0.2) is 9.78 Å². The van der Waals surface area contributed by atoms with Crippen LogP contribution in [0.5, 0.6) is 0 Å². The Morgan fingerprint density at radius 1 is 1.35 bits per heavy atom. The lowest BCUT2D eigenvalue weighted by Gasteiger charge is -2.09. The van der Waals surface area contributed by atoms with Crippen molar-refractivity contribution in [2.75, 3.05) is 5.32 Å². The van der Waals surface area contributed by atoms with E-state index in [1.54, 1.807) is 0 Å². The van der Waals surface area contributed by atoms with Crippen LogP contribution in [0.15, 0.2) is 30.5 Å². The second-order valence-corrected chi connectivity index (χ2v) is 4.36. The van der Waals surface area contributed by atoms with Crippen molar-refractivity contribution in [2.45, 2.75) is 26.9 Å². The van der Waals surface area contributed by atoms with Crippen molar-refractivity contribution in [2.24, 2.45) is 0 Å². The van der Waals surface area contributed by atoms with Crippen LogP contribution in [0.3, 0.4) is 0 Å². The Morgan fingerprint density at radius 3 is 2.88 bits per heavy atom. The van der Waals surface area contributed by atoms with Gasteiger partial charge in [0.25, 0.3) is 0 Å². The summed E-state index contributed by atoms with van der Waals surface area (Å²) in [5.74, 6) is 0. The molecule has 0 radical (unpaired) electrons. The fourth-order valence-electron chi connectivity index (χ4n) is 1.69. The normalized spacial score (nSPS) is 10.5. The summed E-state index contributed by atoms with van der Waals surface area (Å²) in [4.78, 5) is 0. The molecule has 1 aromatic carbocycles. The van der Waals surface area contributed by atoms with Gasteiger partial charge in [-0.05, 0) is 37.6 Å². The van der Waals surface area contributed by atoms with Gasteiger partial charge in [0.15, 0.2) is 0 Å². The van der Waals surface area contributed by atoms with Crippen LogP contribution in [0.25, 0.3) is 0 Å². The minimum absolute atomic E-state index is 0.757. The third-order valence-electron chi connectivity index (χ3n) is 2.75. The first kappa shape index (κ1) is 12.0. The van der Waals surface area contributed by atoms with E-state index in [0.717, 1.165) is 29.4 Å². The molecule has 0 saturated heterocycles. The molecule has 0 saturated carbocycles. The molecule has 0 aliphatic rings. The van der Waals surface area contributed by atoms with Crippen molar-refractivity contribution < 1.29 is 0 Å². The third kappa shape index (κ3) is 2.80. The average Bonchev–Trinajstić information content (AvgIpc) is 2.78. The molecule has 0 fully saturated rings. The van der Waals surface area contributed by atoms with E-state index in [2.05, 4.69) is 17.3 Å². The SMILES string of the molecule is CCn1nccc1CNc1ccc(C)c(Cl)c1. The minimum Gasteiger partial charge on any atom is -0.379 e. The van der Waals surface area contributed by atoms with E-state index >= 15 is 0 Å². The predicted molar refractivity (Wildman–Crippen MR) is 71.4 cm³/mol. The van der Waals surface area contributed by atoms with Crippen LogP contribution in [-0.2, 0) is 13.1 Å². The Hall–Kier alpha value is -1.48. The van der Waals surface area contributed by atoms with Gasteiger partial charge in [-0.1, -0.05) is 17.7 Å². The van der Waals surface area contributed by atoms with E-state index in [1.165, 1.54) is 5.69 Å². The molecule has 1 heterocycles. The lowest BCUT2D eigenvalue weighted by Crippen LogP contribution is -2.07. The molecule has 0 aliphatic heterocycles. The number of benzene rings is 1. The van der Waals surface area contributed by atoms with Crippen molar-refractivity contribution in [3.8, 4) is 0 Å². The number of aromatic nitrogens is 2. The number of rotatable bonds is 4. The Labute approximate surface area is 106 Å². The minimum atomic E-state index is 0.757. The monoisotopic (exact) mass is 249 g/mol. The summed E-state index contributed by atoms with van der Waals surface area (Å²) in [7, 11) is 0. The quantitative estimate of drug-likeness (QED) is 0.899. The fraction of sp³-hybridized carbons (Fsp3) is 0.308. The molecule has 17 heavy (non-hydrogen) atoms. The molecule has 0 unspecified atom stereocenters. The summed E-state index contributed by atoms with van der Waals surface area (Å²) in [5, 5.41) is 8.36. The van der Waals surface area contributed by atoms with Crippen molar-refractivity contribution in [3.05, 3.63) is 46.7 Å². The van der Waals surface area contributed by atoms with E-state index in [0.29, 0.717) is 0 Å². The largest absolute Gasteiger partial charge is 0.379 e. The molecule has 0 atom stereocenters. The zero-order chi connectivity index (χ0) is 12.3. The number of hydrogen-bond donors (Lipinski definition) is 1. The van der Waals surface area contributed by atoms with Crippen molar-refractivity contribution in [3.63, 3.8) is 0 Å². The zero-order valence-electron chi connectivity index (χ0n) is 10.1. The first-order valence-corrected chi connectivity index (χ1v) is 6.09. The van der Waals surface area contributed by atoms with Gasteiger partial charge in [-0.2, -0.15) is 5.10 Å². The summed E-state index contributed by atoms with van der Waals surface area (Å²) >= 11 is 6.08. The van der Waals surface area contributed by atoms with Crippen LogP contribution in [0.4, 0.5) is 5.69 Å². The van der Waals surface area contributed by atoms with Crippen molar-refractivity contribution in [1.29, 1.82) is 0 Å². The van der Waals surface area contributed by atoms with Gasteiger partial charge in [-0.3, -0.25) is 4.68 Å². The molecule has 1 N–H and O–H groups in total. The molecule has 2 rings (SSSR count). The summed E-state index contributed by atoms with van der Waals surface area (Å²) in [6.45, 7) is 5.73.